The van der Waals surface area contributed by atoms with Crippen LogP contribution in [-0.4, -0.2) is 21.6 Å². The lowest BCUT2D eigenvalue weighted by Crippen LogP contribution is -2.42. The zero-order chi connectivity index (χ0) is 17.7. The minimum atomic E-state index is -0.433. The molecule has 7 heteroatoms. The fraction of sp³-hybridized carbons (Fsp3) is 0.353. The first kappa shape index (κ1) is 17.7. The van der Waals surface area contributed by atoms with E-state index in [4.69, 9.17) is 0 Å². The van der Waals surface area contributed by atoms with Crippen molar-refractivity contribution in [3.8, 4) is 5.69 Å². The molecule has 0 atom stereocenters. The highest BCUT2D eigenvalue weighted by atomic mass is 19.1. The number of hydrogen-bond acceptors (Lipinski definition) is 3. The SMILES string of the molecule is CCc1c(C(=O)NNC(=O)CC(C)C)cnn1-c1ccc(F)cc1. The predicted molar refractivity (Wildman–Crippen MR) is 88.0 cm³/mol. The molecular formula is C17H21FN4O2. The van der Waals surface area contributed by atoms with Crippen molar-refractivity contribution < 1.29 is 14.0 Å². The lowest BCUT2D eigenvalue weighted by atomic mass is 10.1. The molecule has 0 radical (unpaired) electrons. The molecule has 1 aromatic carbocycles. The smallest absolute Gasteiger partial charge is 0.273 e. The third-order valence-corrected chi connectivity index (χ3v) is 3.43. The van der Waals surface area contributed by atoms with Crippen molar-refractivity contribution in [2.24, 2.45) is 5.92 Å². The largest absolute Gasteiger partial charge is 0.273 e. The monoisotopic (exact) mass is 332 g/mol. The van der Waals surface area contributed by atoms with Gasteiger partial charge >= 0.3 is 0 Å². The Morgan fingerprint density at radius 2 is 1.88 bits per heavy atom. The normalized spacial score (nSPS) is 10.7. The van der Waals surface area contributed by atoms with E-state index in [0.717, 1.165) is 0 Å². The zero-order valence-electron chi connectivity index (χ0n) is 14.0. The Hall–Kier alpha value is -2.70. The van der Waals surface area contributed by atoms with Gasteiger partial charge < -0.3 is 0 Å². The average Bonchev–Trinajstić information content (AvgIpc) is 2.96. The van der Waals surface area contributed by atoms with Crippen LogP contribution in [0.15, 0.2) is 30.5 Å². The van der Waals surface area contributed by atoms with Crippen LogP contribution in [0, 0.1) is 11.7 Å². The van der Waals surface area contributed by atoms with Gasteiger partial charge in [0.1, 0.15) is 5.82 Å². The van der Waals surface area contributed by atoms with E-state index in [0.29, 0.717) is 29.8 Å². The quantitative estimate of drug-likeness (QED) is 0.826. The molecule has 128 valence electrons. The number of aromatic nitrogens is 2. The van der Waals surface area contributed by atoms with Gasteiger partial charge in [-0.3, -0.25) is 20.4 Å². The number of carbonyl (C=O) groups is 2. The van der Waals surface area contributed by atoms with Crippen LogP contribution in [0.25, 0.3) is 5.69 Å². The van der Waals surface area contributed by atoms with E-state index in [2.05, 4.69) is 16.0 Å². The molecule has 0 bridgehead atoms. The predicted octanol–water partition coefficient (Wildman–Crippen LogP) is 2.38. The highest BCUT2D eigenvalue weighted by molar-refractivity contribution is 5.96. The highest BCUT2D eigenvalue weighted by Crippen LogP contribution is 2.16. The molecule has 0 spiro atoms. The van der Waals surface area contributed by atoms with Gasteiger partial charge in [-0.2, -0.15) is 5.10 Å². The zero-order valence-corrected chi connectivity index (χ0v) is 14.0. The Morgan fingerprint density at radius 1 is 1.21 bits per heavy atom. The average molecular weight is 332 g/mol. The summed E-state index contributed by atoms with van der Waals surface area (Å²) in [6.45, 7) is 5.73. The molecule has 2 amide bonds. The maximum absolute atomic E-state index is 13.1. The minimum absolute atomic E-state index is 0.203. The molecule has 0 saturated carbocycles. The van der Waals surface area contributed by atoms with Crippen molar-refractivity contribution in [2.75, 3.05) is 0 Å². The summed E-state index contributed by atoms with van der Waals surface area (Å²) in [5.74, 6) is -0.816. The van der Waals surface area contributed by atoms with Gasteiger partial charge in [-0.05, 0) is 36.6 Å². The molecule has 0 fully saturated rings. The van der Waals surface area contributed by atoms with Gasteiger partial charge in [-0.25, -0.2) is 9.07 Å². The third-order valence-electron chi connectivity index (χ3n) is 3.43. The first-order chi connectivity index (χ1) is 11.4. The molecule has 1 heterocycles. The Kier molecular flexibility index (Phi) is 5.68. The van der Waals surface area contributed by atoms with Crippen LogP contribution in [-0.2, 0) is 11.2 Å². The fourth-order valence-corrected chi connectivity index (χ4v) is 2.32. The molecule has 0 aliphatic carbocycles. The third kappa shape index (κ3) is 4.18. The summed E-state index contributed by atoms with van der Waals surface area (Å²) in [4.78, 5) is 23.9. The Balaban J connectivity index is 2.15. The van der Waals surface area contributed by atoms with E-state index in [1.54, 1.807) is 16.8 Å². The van der Waals surface area contributed by atoms with Gasteiger partial charge in [0.05, 0.1) is 23.1 Å². The molecule has 0 unspecified atom stereocenters. The van der Waals surface area contributed by atoms with E-state index < -0.39 is 5.91 Å². The number of halogens is 1. The van der Waals surface area contributed by atoms with Crippen molar-refractivity contribution in [3.05, 3.63) is 47.5 Å². The minimum Gasteiger partial charge on any atom is -0.273 e. The van der Waals surface area contributed by atoms with Gasteiger partial charge in [-0.15, -0.1) is 0 Å². The van der Waals surface area contributed by atoms with Crippen molar-refractivity contribution in [1.29, 1.82) is 0 Å². The number of nitrogens with zero attached hydrogens (tertiary/aromatic N) is 2. The summed E-state index contributed by atoms with van der Waals surface area (Å²) in [5, 5.41) is 4.20. The number of rotatable bonds is 5. The molecule has 2 aromatic rings. The number of carbonyl (C=O) groups excluding carboxylic acids is 2. The molecule has 1 aromatic heterocycles. The molecule has 2 rings (SSSR count). The summed E-state index contributed by atoms with van der Waals surface area (Å²) in [7, 11) is 0. The maximum atomic E-state index is 13.1. The summed E-state index contributed by atoms with van der Waals surface area (Å²) in [6, 6.07) is 5.85. The molecule has 0 saturated heterocycles. The Morgan fingerprint density at radius 3 is 2.46 bits per heavy atom. The van der Waals surface area contributed by atoms with Crippen LogP contribution in [0.1, 0.15) is 43.2 Å². The van der Waals surface area contributed by atoms with E-state index in [1.165, 1.54) is 18.3 Å². The lowest BCUT2D eigenvalue weighted by molar-refractivity contribution is -0.122. The van der Waals surface area contributed by atoms with Crippen molar-refractivity contribution in [3.63, 3.8) is 0 Å². The van der Waals surface area contributed by atoms with Gasteiger partial charge in [0.25, 0.3) is 5.91 Å². The summed E-state index contributed by atoms with van der Waals surface area (Å²) in [6.07, 6.45) is 2.32. The van der Waals surface area contributed by atoms with Gasteiger partial charge in [0.2, 0.25) is 5.91 Å². The van der Waals surface area contributed by atoms with Gasteiger partial charge in [0.15, 0.2) is 0 Å². The highest BCUT2D eigenvalue weighted by Gasteiger charge is 2.17. The standard InChI is InChI=1S/C17H21FN4O2/c1-4-15-14(17(24)21-20-16(23)9-11(2)3)10-19-22(15)13-7-5-12(18)6-8-13/h5-8,10-11H,4,9H2,1-3H3,(H,20,23)(H,21,24). The van der Waals surface area contributed by atoms with E-state index in [-0.39, 0.29) is 17.6 Å². The van der Waals surface area contributed by atoms with Gasteiger partial charge in [0, 0.05) is 6.42 Å². The molecule has 6 nitrogen and oxygen atoms in total. The summed E-state index contributed by atoms with van der Waals surface area (Å²) >= 11 is 0. The van der Waals surface area contributed by atoms with Crippen LogP contribution < -0.4 is 10.9 Å². The number of hydrazine groups is 1. The topological polar surface area (TPSA) is 76.0 Å². The first-order valence-electron chi connectivity index (χ1n) is 7.84. The van der Waals surface area contributed by atoms with E-state index >= 15 is 0 Å². The van der Waals surface area contributed by atoms with Crippen LogP contribution in [0.3, 0.4) is 0 Å². The Labute approximate surface area is 140 Å². The molecular weight excluding hydrogens is 311 g/mol. The molecule has 0 aliphatic heterocycles. The maximum Gasteiger partial charge on any atom is 0.273 e. The summed E-state index contributed by atoms with van der Waals surface area (Å²) in [5.41, 5.74) is 6.50. The van der Waals surface area contributed by atoms with Crippen LogP contribution in [0.4, 0.5) is 4.39 Å². The van der Waals surface area contributed by atoms with Crippen LogP contribution >= 0.6 is 0 Å². The first-order valence-corrected chi connectivity index (χ1v) is 7.84. The van der Waals surface area contributed by atoms with Crippen molar-refractivity contribution in [1.82, 2.24) is 20.6 Å². The second kappa shape index (κ2) is 7.72. The van der Waals surface area contributed by atoms with Crippen molar-refractivity contribution in [2.45, 2.75) is 33.6 Å². The van der Waals surface area contributed by atoms with Gasteiger partial charge in [-0.1, -0.05) is 20.8 Å². The van der Waals surface area contributed by atoms with Crippen LogP contribution in [0.5, 0.6) is 0 Å². The van der Waals surface area contributed by atoms with E-state index in [1.807, 2.05) is 20.8 Å². The van der Waals surface area contributed by atoms with Crippen molar-refractivity contribution >= 4 is 11.8 Å². The number of benzene rings is 1. The lowest BCUT2D eigenvalue weighted by Gasteiger charge is -2.10. The van der Waals surface area contributed by atoms with E-state index in [9.17, 15) is 14.0 Å². The second-order valence-electron chi connectivity index (χ2n) is 5.85. The summed E-state index contributed by atoms with van der Waals surface area (Å²) < 4.78 is 14.6. The number of hydrogen-bond donors (Lipinski definition) is 2. The Bertz CT molecular complexity index is 723. The second-order valence-corrected chi connectivity index (χ2v) is 5.85. The number of nitrogens with one attached hydrogen (secondary N) is 2. The number of amides is 2. The molecule has 0 aliphatic rings. The molecule has 24 heavy (non-hydrogen) atoms. The van der Waals surface area contributed by atoms with Crippen LogP contribution in [0.2, 0.25) is 0 Å². The fourth-order valence-electron chi connectivity index (χ4n) is 2.32. The molecule has 2 N–H and O–H groups in total.